The number of rotatable bonds is 3. The molecule has 1 aliphatic rings. The summed E-state index contributed by atoms with van der Waals surface area (Å²) in [6, 6.07) is 3.63. The third kappa shape index (κ3) is 3.81. The molecule has 0 unspecified atom stereocenters. The van der Waals surface area contributed by atoms with Gasteiger partial charge in [-0.2, -0.15) is 13.2 Å². The first-order valence-electron chi connectivity index (χ1n) is 7.67. The molecule has 0 bridgehead atoms. The van der Waals surface area contributed by atoms with E-state index in [2.05, 4.69) is 10.1 Å². The number of carbonyl (C=O) groups is 1. The normalized spacial score (nSPS) is 20.9. The van der Waals surface area contributed by atoms with Gasteiger partial charge in [-0.05, 0) is 19.1 Å². The largest absolute Gasteiger partial charge is 0.433 e. The second kappa shape index (κ2) is 6.47. The molecule has 1 saturated heterocycles. The van der Waals surface area contributed by atoms with Crippen molar-refractivity contribution in [3.05, 3.63) is 47.1 Å². The van der Waals surface area contributed by atoms with Crippen molar-refractivity contribution in [1.29, 1.82) is 0 Å². The molecule has 2 aromatic rings. The second-order valence-corrected chi connectivity index (χ2v) is 6.11. The first kappa shape index (κ1) is 17.4. The van der Waals surface area contributed by atoms with Gasteiger partial charge in [-0.3, -0.25) is 9.78 Å². The van der Waals surface area contributed by atoms with Crippen molar-refractivity contribution < 1.29 is 27.6 Å². The monoisotopic (exact) mass is 355 g/mol. The lowest BCUT2D eigenvalue weighted by Crippen LogP contribution is -2.29. The Balaban J connectivity index is 1.67. The van der Waals surface area contributed by atoms with E-state index < -0.39 is 23.9 Å². The predicted octanol–water partition coefficient (Wildman–Crippen LogP) is 2.07. The van der Waals surface area contributed by atoms with Crippen LogP contribution in [0.1, 0.15) is 27.5 Å². The van der Waals surface area contributed by atoms with Gasteiger partial charge in [0.2, 0.25) is 0 Å². The molecule has 3 rings (SSSR count). The molecular weight excluding hydrogens is 339 g/mol. The van der Waals surface area contributed by atoms with Crippen molar-refractivity contribution in [3.8, 4) is 0 Å². The van der Waals surface area contributed by atoms with Crippen LogP contribution in [0, 0.1) is 12.8 Å². The van der Waals surface area contributed by atoms with E-state index in [4.69, 9.17) is 4.52 Å². The van der Waals surface area contributed by atoms with Crippen LogP contribution >= 0.6 is 0 Å². The summed E-state index contributed by atoms with van der Waals surface area (Å²) in [5.41, 5.74) is -0.272. The number of hydrogen-bond donors (Lipinski definition) is 1. The zero-order valence-electron chi connectivity index (χ0n) is 13.3. The highest BCUT2D eigenvalue weighted by molar-refractivity contribution is 5.94. The third-order valence-electron chi connectivity index (χ3n) is 4.13. The second-order valence-electron chi connectivity index (χ2n) is 6.11. The number of β-amino-alcohol motifs (C(OH)–C–C–N with tert-alkyl or cyclic N) is 1. The number of nitrogens with zero attached hydrogens (tertiary/aromatic N) is 3. The first-order chi connectivity index (χ1) is 11.7. The maximum absolute atomic E-state index is 12.5. The highest BCUT2D eigenvalue weighted by Gasteiger charge is 2.36. The van der Waals surface area contributed by atoms with Crippen molar-refractivity contribution in [1.82, 2.24) is 15.0 Å². The number of carbonyl (C=O) groups excluding carboxylic acids is 1. The highest BCUT2D eigenvalue weighted by Crippen LogP contribution is 2.28. The average molecular weight is 355 g/mol. The number of amides is 1. The van der Waals surface area contributed by atoms with Crippen LogP contribution in [0.3, 0.4) is 0 Å². The Morgan fingerprint density at radius 2 is 2.16 bits per heavy atom. The molecule has 6 nitrogen and oxygen atoms in total. The van der Waals surface area contributed by atoms with Crippen molar-refractivity contribution in [2.24, 2.45) is 5.92 Å². The number of likely N-dealkylation sites (tertiary alicyclic amines) is 1. The van der Waals surface area contributed by atoms with E-state index in [-0.39, 0.29) is 24.6 Å². The predicted molar refractivity (Wildman–Crippen MR) is 79.6 cm³/mol. The SMILES string of the molecule is Cc1cc(C[C@@H]2CN(C(=O)c3ccc(C(F)(F)F)nc3)C[C@@H]2O)on1. The lowest BCUT2D eigenvalue weighted by atomic mass is 10.0. The standard InChI is InChI=1S/C16H16F3N3O3/c1-9-4-12(25-21-9)5-11-7-22(8-13(11)23)15(24)10-2-3-14(20-6-10)16(17,18)19/h2-4,6,11,13,23H,5,7-8H2,1H3/t11-,13+/m1/s1. The summed E-state index contributed by atoms with van der Waals surface area (Å²) in [5, 5.41) is 13.9. The van der Waals surface area contributed by atoms with Gasteiger partial charge in [-0.15, -0.1) is 0 Å². The molecule has 0 aromatic carbocycles. The van der Waals surface area contributed by atoms with Gasteiger partial charge in [-0.1, -0.05) is 5.16 Å². The molecule has 3 heterocycles. The molecular formula is C16H16F3N3O3. The Labute approximate surface area is 141 Å². The molecule has 0 spiro atoms. The van der Waals surface area contributed by atoms with Gasteiger partial charge in [0.25, 0.3) is 5.91 Å². The van der Waals surface area contributed by atoms with Gasteiger partial charge < -0.3 is 14.5 Å². The molecule has 0 saturated carbocycles. The Kier molecular flexibility index (Phi) is 4.51. The van der Waals surface area contributed by atoms with Gasteiger partial charge in [0.15, 0.2) is 0 Å². The van der Waals surface area contributed by atoms with E-state index in [9.17, 15) is 23.1 Å². The fourth-order valence-electron chi connectivity index (χ4n) is 2.86. The van der Waals surface area contributed by atoms with E-state index in [0.29, 0.717) is 12.2 Å². The number of aryl methyl sites for hydroxylation is 1. The van der Waals surface area contributed by atoms with Crippen LogP contribution < -0.4 is 0 Å². The summed E-state index contributed by atoms with van der Waals surface area (Å²) in [6.45, 7) is 2.17. The fraction of sp³-hybridized carbons (Fsp3) is 0.438. The van der Waals surface area contributed by atoms with Crippen molar-refractivity contribution in [3.63, 3.8) is 0 Å². The zero-order valence-corrected chi connectivity index (χ0v) is 13.3. The quantitative estimate of drug-likeness (QED) is 0.912. The molecule has 1 fully saturated rings. The number of aliphatic hydroxyl groups excluding tert-OH is 1. The number of alkyl halides is 3. The third-order valence-corrected chi connectivity index (χ3v) is 4.13. The van der Waals surface area contributed by atoms with Gasteiger partial charge in [-0.25, -0.2) is 0 Å². The van der Waals surface area contributed by atoms with Gasteiger partial charge in [0.1, 0.15) is 11.5 Å². The minimum atomic E-state index is -4.55. The summed E-state index contributed by atoms with van der Waals surface area (Å²) in [7, 11) is 0. The topological polar surface area (TPSA) is 79.5 Å². The first-order valence-corrected chi connectivity index (χ1v) is 7.67. The van der Waals surface area contributed by atoms with Crippen molar-refractivity contribution in [2.75, 3.05) is 13.1 Å². The Morgan fingerprint density at radius 3 is 2.72 bits per heavy atom. The van der Waals surface area contributed by atoms with E-state index in [1.165, 1.54) is 4.90 Å². The lowest BCUT2D eigenvalue weighted by Gasteiger charge is -2.16. The Morgan fingerprint density at radius 1 is 1.40 bits per heavy atom. The van der Waals surface area contributed by atoms with Crippen LogP contribution in [-0.4, -0.2) is 45.2 Å². The minimum Gasteiger partial charge on any atom is -0.391 e. The van der Waals surface area contributed by atoms with E-state index >= 15 is 0 Å². The molecule has 134 valence electrons. The smallest absolute Gasteiger partial charge is 0.391 e. The summed E-state index contributed by atoms with van der Waals surface area (Å²) in [4.78, 5) is 17.1. The fourth-order valence-corrected chi connectivity index (χ4v) is 2.86. The van der Waals surface area contributed by atoms with Crippen molar-refractivity contribution >= 4 is 5.91 Å². The molecule has 9 heteroatoms. The number of aromatic nitrogens is 2. The van der Waals surface area contributed by atoms with E-state index in [1.54, 1.807) is 13.0 Å². The zero-order chi connectivity index (χ0) is 18.2. The molecule has 0 aliphatic carbocycles. The van der Waals surface area contributed by atoms with Crippen LogP contribution in [0.2, 0.25) is 0 Å². The highest BCUT2D eigenvalue weighted by atomic mass is 19.4. The molecule has 1 aliphatic heterocycles. The van der Waals surface area contributed by atoms with Crippen LogP contribution in [0.5, 0.6) is 0 Å². The van der Waals surface area contributed by atoms with Crippen LogP contribution in [0.4, 0.5) is 13.2 Å². The van der Waals surface area contributed by atoms with Gasteiger partial charge in [0.05, 0.1) is 17.4 Å². The number of pyridine rings is 1. The lowest BCUT2D eigenvalue weighted by molar-refractivity contribution is -0.141. The summed E-state index contributed by atoms with van der Waals surface area (Å²) >= 11 is 0. The molecule has 0 radical (unpaired) electrons. The summed E-state index contributed by atoms with van der Waals surface area (Å²) < 4.78 is 42.7. The maximum atomic E-state index is 12.5. The average Bonchev–Trinajstić information content (AvgIpc) is 3.12. The molecule has 2 atom stereocenters. The molecule has 2 aromatic heterocycles. The van der Waals surface area contributed by atoms with E-state index in [0.717, 1.165) is 24.0 Å². The van der Waals surface area contributed by atoms with E-state index in [1.807, 2.05) is 0 Å². The van der Waals surface area contributed by atoms with Gasteiger partial charge >= 0.3 is 6.18 Å². The van der Waals surface area contributed by atoms with Crippen LogP contribution in [0.25, 0.3) is 0 Å². The number of halogens is 3. The molecule has 1 amide bonds. The minimum absolute atomic E-state index is 0.0522. The summed E-state index contributed by atoms with van der Waals surface area (Å²) in [5.74, 6) is -0.0673. The Bertz CT molecular complexity index is 758. The molecule has 1 N–H and O–H groups in total. The van der Waals surface area contributed by atoms with Crippen LogP contribution in [-0.2, 0) is 12.6 Å². The Hall–Kier alpha value is -2.42. The summed E-state index contributed by atoms with van der Waals surface area (Å²) in [6.07, 6.45) is -3.95. The molecule has 25 heavy (non-hydrogen) atoms. The number of hydrogen-bond acceptors (Lipinski definition) is 5. The van der Waals surface area contributed by atoms with Crippen LogP contribution in [0.15, 0.2) is 28.9 Å². The van der Waals surface area contributed by atoms with Crippen molar-refractivity contribution in [2.45, 2.75) is 25.6 Å². The maximum Gasteiger partial charge on any atom is 0.433 e. The number of aliphatic hydroxyl groups is 1. The van der Waals surface area contributed by atoms with Gasteiger partial charge in [0, 0.05) is 37.7 Å².